The second kappa shape index (κ2) is 7.92. The van der Waals surface area contributed by atoms with Gasteiger partial charge in [-0.05, 0) is 36.1 Å². The van der Waals surface area contributed by atoms with Crippen molar-refractivity contribution < 1.29 is 9.59 Å². The lowest BCUT2D eigenvalue weighted by molar-refractivity contribution is -0.143. The van der Waals surface area contributed by atoms with Crippen molar-refractivity contribution in [3.05, 3.63) is 66.0 Å². The van der Waals surface area contributed by atoms with Crippen molar-refractivity contribution in [3.63, 3.8) is 0 Å². The van der Waals surface area contributed by atoms with Crippen LogP contribution in [-0.2, 0) is 22.6 Å². The van der Waals surface area contributed by atoms with Gasteiger partial charge in [0.05, 0.1) is 6.42 Å². The average Bonchev–Trinajstić information content (AvgIpc) is 3.12. The molecule has 130 valence electrons. The van der Waals surface area contributed by atoms with Crippen LogP contribution in [-0.4, -0.2) is 46.2 Å². The van der Waals surface area contributed by atoms with E-state index in [2.05, 4.69) is 4.98 Å². The molecule has 1 aliphatic rings. The van der Waals surface area contributed by atoms with Crippen LogP contribution in [0.15, 0.2) is 54.9 Å². The van der Waals surface area contributed by atoms with E-state index in [-0.39, 0.29) is 17.9 Å². The van der Waals surface area contributed by atoms with Gasteiger partial charge in [0, 0.05) is 32.5 Å². The number of hydrogen-bond donors (Lipinski definition) is 0. The van der Waals surface area contributed by atoms with Crippen molar-refractivity contribution in [1.29, 1.82) is 0 Å². The number of rotatable bonds is 5. The van der Waals surface area contributed by atoms with Gasteiger partial charge in [-0.25, -0.2) is 0 Å². The third-order valence-electron chi connectivity index (χ3n) is 4.60. The Morgan fingerprint density at radius 1 is 1.12 bits per heavy atom. The first-order valence-electron chi connectivity index (χ1n) is 8.62. The van der Waals surface area contributed by atoms with E-state index in [0.717, 1.165) is 24.0 Å². The molecule has 1 fully saturated rings. The van der Waals surface area contributed by atoms with Gasteiger partial charge in [-0.15, -0.1) is 0 Å². The van der Waals surface area contributed by atoms with E-state index in [1.165, 1.54) is 0 Å². The lowest BCUT2D eigenvalue weighted by atomic mass is 10.1. The highest BCUT2D eigenvalue weighted by atomic mass is 16.2. The first-order chi connectivity index (χ1) is 12.1. The molecule has 1 unspecified atom stereocenters. The van der Waals surface area contributed by atoms with E-state index in [9.17, 15) is 9.59 Å². The highest BCUT2D eigenvalue weighted by Gasteiger charge is 2.35. The number of pyridine rings is 1. The quantitative estimate of drug-likeness (QED) is 0.841. The summed E-state index contributed by atoms with van der Waals surface area (Å²) in [5, 5.41) is 0. The minimum atomic E-state index is -0.344. The van der Waals surface area contributed by atoms with E-state index in [1.807, 2.05) is 42.5 Å². The molecule has 2 aromatic rings. The largest absolute Gasteiger partial charge is 0.340 e. The molecule has 5 heteroatoms. The molecule has 1 atom stereocenters. The molecule has 0 N–H and O–H groups in total. The monoisotopic (exact) mass is 337 g/mol. The second-order valence-electron chi connectivity index (χ2n) is 6.46. The molecular formula is C20H23N3O2. The zero-order chi connectivity index (χ0) is 17.6. The van der Waals surface area contributed by atoms with Crippen LogP contribution in [0.1, 0.15) is 24.0 Å². The lowest BCUT2D eigenvalue weighted by Crippen LogP contribution is -2.46. The van der Waals surface area contributed by atoms with Crippen LogP contribution in [0, 0.1) is 0 Å². The molecule has 0 spiro atoms. The topological polar surface area (TPSA) is 53.5 Å². The highest BCUT2D eigenvalue weighted by Crippen LogP contribution is 2.21. The van der Waals surface area contributed by atoms with Crippen molar-refractivity contribution in [2.24, 2.45) is 0 Å². The summed E-state index contributed by atoms with van der Waals surface area (Å²) >= 11 is 0. The first kappa shape index (κ1) is 17.1. The number of aromatic nitrogens is 1. The van der Waals surface area contributed by atoms with Crippen LogP contribution < -0.4 is 0 Å². The van der Waals surface area contributed by atoms with Crippen molar-refractivity contribution in [1.82, 2.24) is 14.8 Å². The third-order valence-corrected chi connectivity index (χ3v) is 4.60. The molecule has 0 aliphatic carbocycles. The van der Waals surface area contributed by atoms with E-state index in [4.69, 9.17) is 0 Å². The maximum atomic E-state index is 12.8. The maximum absolute atomic E-state index is 12.8. The fourth-order valence-corrected chi connectivity index (χ4v) is 3.29. The molecular weight excluding hydrogens is 314 g/mol. The number of hydrogen-bond acceptors (Lipinski definition) is 3. The molecule has 1 aromatic heterocycles. The van der Waals surface area contributed by atoms with Crippen LogP contribution in [0.2, 0.25) is 0 Å². The summed E-state index contributed by atoms with van der Waals surface area (Å²) in [6.07, 6.45) is 5.40. The van der Waals surface area contributed by atoms with Crippen LogP contribution in [0.3, 0.4) is 0 Å². The fourth-order valence-electron chi connectivity index (χ4n) is 3.29. The summed E-state index contributed by atoms with van der Waals surface area (Å²) in [5.41, 5.74) is 2.02. The van der Waals surface area contributed by atoms with E-state index >= 15 is 0 Å². The number of amides is 2. The minimum Gasteiger partial charge on any atom is -0.340 e. The van der Waals surface area contributed by atoms with Gasteiger partial charge in [0.25, 0.3) is 0 Å². The van der Waals surface area contributed by atoms with Crippen molar-refractivity contribution >= 4 is 11.8 Å². The number of carbonyl (C=O) groups excluding carboxylic acids is 2. The molecule has 2 amide bonds. The molecule has 1 aromatic carbocycles. The molecule has 3 rings (SSSR count). The van der Waals surface area contributed by atoms with Gasteiger partial charge in [-0.2, -0.15) is 0 Å². The fraction of sp³-hybridized carbons (Fsp3) is 0.350. The Labute approximate surface area is 148 Å². The Bertz CT molecular complexity index is 718. The van der Waals surface area contributed by atoms with Gasteiger partial charge in [-0.3, -0.25) is 14.6 Å². The minimum absolute atomic E-state index is 0.00993. The zero-order valence-electron chi connectivity index (χ0n) is 14.5. The Hall–Kier alpha value is -2.69. The van der Waals surface area contributed by atoms with Gasteiger partial charge >= 0.3 is 0 Å². The van der Waals surface area contributed by atoms with Gasteiger partial charge < -0.3 is 9.80 Å². The predicted molar refractivity (Wildman–Crippen MR) is 95.6 cm³/mol. The number of benzene rings is 1. The molecule has 0 bridgehead atoms. The van der Waals surface area contributed by atoms with Crippen molar-refractivity contribution in [2.45, 2.75) is 31.8 Å². The molecule has 0 radical (unpaired) electrons. The summed E-state index contributed by atoms with van der Waals surface area (Å²) in [4.78, 5) is 32.9. The summed E-state index contributed by atoms with van der Waals surface area (Å²) in [6, 6.07) is 13.1. The van der Waals surface area contributed by atoms with Crippen LogP contribution in [0.4, 0.5) is 0 Å². The molecule has 1 aliphatic heterocycles. The maximum Gasteiger partial charge on any atom is 0.245 e. The first-order valence-corrected chi connectivity index (χ1v) is 8.62. The number of likely N-dealkylation sites (tertiary alicyclic amines) is 1. The Morgan fingerprint density at radius 2 is 1.84 bits per heavy atom. The van der Waals surface area contributed by atoms with Gasteiger partial charge in [0.2, 0.25) is 11.8 Å². The Morgan fingerprint density at radius 3 is 2.56 bits per heavy atom. The summed E-state index contributed by atoms with van der Waals surface area (Å²) in [5.74, 6) is 0.0371. The van der Waals surface area contributed by atoms with E-state index in [1.54, 1.807) is 29.2 Å². The SMILES string of the molecule is CN(Cc1ccncc1)C(=O)C1CCCN1C(=O)Cc1ccccc1. The molecule has 0 saturated carbocycles. The van der Waals surface area contributed by atoms with Crippen molar-refractivity contribution in [3.8, 4) is 0 Å². The molecule has 2 heterocycles. The zero-order valence-corrected chi connectivity index (χ0v) is 14.5. The standard InChI is InChI=1S/C20H23N3O2/c1-22(15-17-9-11-21-12-10-17)20(25)18-8-5-13-23(18)19(24)14-16-6-3-2-4-7-16/h2-4,6-7,9-12,18H,5,8,13-15H2,1H3. The average molecular weight is 337 g/mol. The summed E-state index contributed by atoms with van der Waals surface area (Å²) < 4.78 is 0. The normalized spacial score (nSPS) is 16.7. The lowest BCUT2D eigenvalue weighted by Gasteiger charge is -2.28. The molecule has 5 nitrogen and oxygen atoms in total. The molecule has 25 heavy (non-hydrogen) atoms. The Kier molecular flexibility index (Phi) is 5.43. The smallest absolute Gasteiger partial charge is 0.245 e. The van der Waals surface area contributed by atoms with Gasteiger partial charge in [0.1, 0.15) is 6.04 Å². The van der Waals surface area contributed by atoms with Gasteiger partial charge in [0.15, 0.2) is 0 Å². The van der Waals surface area contributed by atoms with Crippen LogP contribution in [0.5, 0.6) is 0 Å². The highest BCUT2D eigenvalue weighted by molar-refractivity contribution is 5.89. The second-order valence-corrected chi connectivity index (χ2v) is 6.46. The summed E-state index contributed by atoms with van der Waals surface area (Å²) in [7, 11) is 1.79. The summed E-state index contributed by atoms with van der Waals surface area (Å²) in [6.45, 7) is 1.18. The molecule has 1 saturated heterocycles. The number of likely N-dealkylation sites (N-methyl/N-ethyl adjacent to an activating group) is 1. The van der Waals surface area contributed by atoms with E-state index < -0.39 is 0 Å². The number of nitrogens with zero attached hydrogens (tertiary/aromatic N) is 3. The van der Waals surface area contributed by atoms with Crippen molar-refractivity contribution in [2.75, 3.05) is 13.6 Å². The third kappa shape index (κ3) is 4.24. The number of carbonyl (C=O) groups is 2. The van der Waals surface area contributed by atoms with Crippen LogP contribution >= 0.6 is 0 Å². The van der Waals surface area contributed by atoms with E-state index in [0.29, 0.717) is 19.5 Å². The van der Waals surface area contributed by atoms with Crippen LogP contribution in [0.25, 0.3) is 0 Å². The predicted octanol–water partition coefficient (Wildman–Crippen LogP) is 2.27. The van der Waals surface area contributed by atoms with Gasteiger partial charge in [-0.1, -0.05) is 30.3 Å². The Balaban J connectivity index is 1.64.